The number of aliphatic imine (C=N–C) groups is 1. The fourth-order valence-electron chi connectivity index (χ4n) is 2.42. The lowest BCUT2D eigenvalue weighted by Crippen LogP contribution is -2.37. The van der Waals surface area contributed by atoms with Gasteiger partial charge in [0, 0.05) is 31.1 Å². The fraction of sp³-hybridized carbons (Fsp3) is 0.500. The normalized spacial score (nSPS) is 18.8. The van der Waals surface area contributed by atoms with Gasteiger partial charge in [-0.05, 0) is 12.0 Å². The third kappa shape index (κ3) is 2.97. The lowest BCUT2D eigenvalue weighted by molar-refractivity contribution is 0.122. The molecule has 2 aliphatic rings. The third-order valence-corrected chi connectivity index (χ3v) is 3.64. The zero-order chi connectivity index (χ0) is 14.7. The summed E-state index contributed by atoms with van der Waals surface area (Å²) in [5.74, 6) is 1.20. The number of nitrogens with one attached hydrogen (secondary N) is 1. The van der Waals surface area contributed by atoms with Gasteiger partial charge in [0.2, 0.25) is 5.95 Å². The zero-order valence-electron chi connectivity index (χ0n) is 12.2. The Hall–Kier alpha value is -2.15. The Kier molecular flexibility index (Phi) is 4.01. The van der Waals surface area contributed by atoms with Gasteiger partial charge in [-0.3, -0.25) is 0 Å². The number of hydrogen-bond acceptors (Lipinski definition) is 7. The second kappa shape index (κ2) is 6.09. The van der Waals surface area contributed by atoms with E-state index in [2.05, 4.69) is 27.1 Å². The molecule has 1 aromatic heterocycles. The van der Waals surface area contributed by atoms with Gasteiger partial charge >= 0.3 is 0 Å². The molecule has 0 saturated carbocycles. The van der Waals surface area contributed by atoms with Crippen molar-refractivity contribution >= 4 is 17.5 Å². The molecule has 0 spiro atoms. The van der Waals surface area contributed by atoms with Crippen molar-refractivity contribution in [3.8, 4) is 0 Å². The van der Waals surface area contributed by atoms with E-state index in [1.54, 1.807) is 0 Å². The molecule has 0 unspecified atom stereocenters. The van der Waals surface area contributed by atoms with Crippen molar-refractivity contribution in [3.63, 3.8) is 0 Å². The van der Waals surface area contributed by atoms with Gasteiger partial charge in [-0.2, -0.15) is 0 Å². The highest BCUT2D eigenvalue weighted by molar-refractivity contribution is 5.84. The third-order valence-electron chi connectivity index (χ3n) is 3.64. The highest BCUT2D eigenvalue weighted by Crippen LogP contribution is 2.21. The van der Waals surface area contributed by atoms with Crippen LogP contribution in [0.5, 0.6) is 0 Å². The van der Waals surface area contributed by atoms with Crippen LogP contribution in [0, 0.1) is 0 Å². The molecule has 112 valence electrons. The van der Waals surface area contributed by atoms with Gasteiger partial charge in [0.05, 0.1) is 25.5 Å². The number of nitrogens with zero attached hydrogens (tertiary/aromatic N) is 4. The van der Waals surface area contributed by atoms with Gasteiger partial charge in [0.1, 0.15) is 0 Å². The molecule has 0 radical (unpaired) electrons. The lowest BCUT2D eigenvalue weighted by atomic mass is 10.1. The molecule has 3 rings (SSSR count). The molecular formula is C14H20N6O. The molecule has 0 aromatic carbocycles. The van der Waals surface area contributed by atoms with E-state index in [9.17, 15) is 0 Å². The van der Waals surface area contributed by atoms with Crippen molar-refractivity contribution in [3.05, 3.63) is 23.7 Å². The first-order valence-corrected chi connectivity index (χ1v) is 7.22. The van der Waals surface area contributed by atoms with Gasteiger partial charge in [0.25, 0.3) is 0 Å². The number of aryl methyl sites for hydroxylation is 1. The van der Waals surface area contributed by atoms with E-state index in [4.69, 9.17) is 15.5 Å². The van der Waals surface area contributed by atoms with E-state index in [0.29, 0.717) is 12.5 Å². The van der Waals surface area contributed by atoms with Crippen LogP contribution in [0.3, 0.4) is 0 Å². The number of morpholine rings is 1. The Balaban J connectivity index is 1.90. The van der Waals surface area contributed by atoms with Crippen LogP contribution in [0.25, 0.3) is 5.57 Å². The largest absolute Gasteiger partial charge is 0.378 e. The van der Waals surface area contributed by atoms with Gasteiger partial charge in [0.15, 0.2) is 5.96 Å². The van der Waals surface area contributed by atoms with E-state index < -0.39 is 0 Å². The highest BCUT2D eigenvalue weighted by Gasteiger charge is 2.18. The highest BCUT2D eigenvalue weighted by atomic mass is 16.5. The summed E-state index contributed by atoms with van der Waals surface area (Å²) in [4.78, 5) is 15.6. The van der Waals surface area contributed by atoms with Crippen molar-refractivity contribution in [2.24, 2.45) is 10.7 Å². The van der Waals surface area contributed by atoms with Gasteiger partial charge in [-0.1, -0.05) is 6.92 Å². The molecule has 1 saturated heterocycles. The molecule has 3 heterocycles. The number of nitrogens with two attached hydrogens (primary N) is 1. The van der Waals surface area contributed by atoms with Gasteiger partial charge in [-0.25, -0.2) is 15.0 Å². The Morgan fingerprint density at radius 1 is 1.38 bits per heavy atom. The summed E-state index contributed by atoms with van der Waals surface area (Å²) >= 11 is 0. The summed E-state index contributed by atoms with van der Waals surface area (Å²) in [6.45, 7) is 5.75. The molecule has 0 bridgehead atoms. The summed E-state index contributed by atoms with van der Waals surface area (Å²) in [5, 5.41) is 2.95. The first-order chi connectivity index (χ1) is 10.3. The molecule has 0 atom stereocenters. The van der Waals surface area contributed by atoms with E-state index in [1.165, 1.54) is 0 Å². The van der Waals surface area contributed by atoms with Crippen LogP contribution in [0.2, 0.25) is 0 Å². The molecule has 1 fully saturated rings. The van der Waals surface area contributed by atoms with E-state index in [1.807, 2.05) is 12.4 Å². The average Bonchev–Trinajstić information content (AvgIpc) is 2.56. The Bertz CT molecular complexity index is 577. The minimum atomic E-state index is 0.444. The van der Waals surface area contributed by atoms with Gasteiger partial charge in [-0.15, -0.1) is 0 Å². The second-order valence-electron chi connectivity index (χ2n) is 5.01. The van der Waals surface area contributed by atoms with E-state index in [-0.39, 0.29) is 0 Å². The van der Waals surface area contributed by atoms with Crippen LogP contribution in [0.15, 0.2) is 17.4 Å². The quantitative estimate of drug-likeness (QED) is 0.822. The van der Waals surface area contributed by atoms with Crippen LogP contribution in [0.1, 0.15) is 18.2 Å². The van der Waals surface area contributed by atoms with Crippen LogP contribution in [0.4, 0.5) is 5.95 Å². The summed E-state index contributed by atoms with van der Waals surface area (Å²) in [5.41, 5.74) is 8.75. The van der Waals surface area contributed by atoms with Crippen molar-refractivity contribution in [2.45, 2.75) is 13.3 Å². The standard InChI is InChI=1S/C14H20N6O/c1-2-10-7-18-14(20-3-5-21-6-4-20)19-12(10)11-8-16-13(15)17-9-11/h7-8H,2-6,9H2,1H3,(H3,15,16,17). The van der Waals surface area contributed by atoms with Crippen molar-refractivity contribution in [1.82, 2.24) is 15.3 Å². The molecule has 21 heavy (non-hydrogen) atoms. The predicted molar refractivity (Wildman–Crippen MR) is 82.0 cm³/mol. The summed E-state index contributed by atoms with van der Waals surface area (Å²) in [7, 11) is 0. The number of anilines is 1. The molecular weight excluding hydrogens is 268 g/mol. The number of guanidine groups is 1. The minimum Gasteiger partial charge on any atom is -0.378 e. The maximum absolute atomic E-state index is 5.63. The molecule has 1 aromatic rings. The Labute approximate surface area is 123 Å². The molecule has 2 aliphatic heterocycles. The second-order valence-corrected chi connectivity index (χ2v) is 5.01. The van der Waals surface area contributed by atoms with E-state index >= 15 is 0 Å². The Morgan fingerprint density at radius 2 is 2.19 bits per heavy atom. The van der Waals surface area contributed by atoms with Crippen LogP contribution in [-0.4, -0.2) is 48.8 Å². The van der Waals surface area contributed by atoms with Crippen molar-refractivity contribution in [1.29, 1.82) is 0 Å². The monoisotopic (exact) mass is 288 g/mol. The van der Waals surface area contributed by atoms with Crippen molar-refractivity contribution < 1.29 is 4.74 Å². The predicted octanol–water partition coefficient (Wildman–Crippen LogP) is 0.134. The van der Waals surface area contributed by atoms with Crippen LogP contribution >= 0.6 is 0 Å². The average molecular weight is 288 g/mol. The van der Waals surface area contributed by atoms with Crippen LogP contribution < -0.4 is 16.0 Å². The SMILES string of the molecule is CCc1cnc(N2CCOCC2)nc1C1=CNC(N)=NC1. The molecule has 7 heteroatoms. The maximum Gasteiger partial charge on any atom is 0.226 e. The first-order valence-electron chi connectivity index (χ1n) is 7.22. The minimum absolute atomic E-state index is 0.444. The zero-order valence-corrected chi connectivity index (χ0v) is 12.2. The summed E-state index contributed by atoms with van der Waals surface area (Å²) in [6.07, 6.45) is 4.68. The molecule has 3 N–H and O–H groups in total. The summed E-state index contributed by atoms with van der Waals surface area (Å²) < 4.78 is 5.37. The first kappa shape index (κ1) is 13.8. The summed E-state index contributed by atoms with van der Waals surface area (Å²) in [6, 6.07) is 0. The molecule has 0 amide bonds. The number of aromatic nitrogens is 2. The molecule has 0 aliphatic carbocycles. The van der Waals surface area contributed by atoms with Crippen molar-refractivity contribution in [2.75, 3.05) is 37.7 Å². The van der Waals surface area contributed by atoms with E-state index in [0.717, 1.165) is 55.5 Å². The lowest BCUT2D eigenvalue weighted by Gasteiger charge is -2.27. The number of hydrogen-bond donors (Lipinski definition) is 2. The topological polar surface area (TPSA) is 88.7 Å². The smallest absolute Gasteiger partial charge is 0.226 e. The Morgan fingerprint density at radius 3 is 2.86 bits per heavy atom. The number of rotatable bonds is 3. The number of ether oxygens (including phenoxy) is 1. The maximum atomic E-state index is 5.63. The molecule has 7 nitrogen and oxygen atoms in total. The van der Waals surface area contributed by atoms with Gasteiger partial charge < -0.3 is 20.7 Å². The fourth-order valence-corrected chi connectivity index (χ4v) is 2.42. The van der Waals surface area contributed by atoms with Crippen LogP contribution in [-0.2, 0) is 11.2 Å².